The predicted octanol–water partition coefficient (Wildman–Crippen LogP) is 1.26. The van der Waals surface area contributed by atoms with Crippen LogP contribution in [0.5, 0.6) is 0 Å². The molecule has 1 aliphatic heterocycles. The van der Waals surface area contributed by atoms with Crippen molar-refractivity contribution in [1.82, 2.24) is 10.2 Å². The fourth-order valence-corrected chi connectivity index (χ4v) is 4.24. The van der Waals surface area contributed by atoms with Crippen molar-refractivity contribution in [3.8, 4) is 0 Å². The molecule has 3 fully saturated rings. The third-order valence-electron chi connectivity index (χ3n) is 6.14. The SMILES string of the molecule is CC(C)(C)[C@H](NC(=O)COC1CC1)C(=O)N1C[C@H]2[C@@H]([C@H]1C(=O)O)C2(C)C. The van der Waals surface area contributed by atoms with Crippen molar-refractivity contribution in [1.29, 1.82) is 0 Å². The van der Waals surface area contributed by atoms with Crippen LogP contribution >= 0.6 is 0 Å². The molecule has 0 aromatic rings. The second-order valence-electron chi connectivity index (χ2n) is 9.60. The molecule has 3 aliphatic rings. The van der Waals surface area contributed by atoms with Crippen LogP contribution in [0.3, 0.4) is 0 Å². The normalized spacial score (nSPS) is 30.5. The maximum absolute atomic E-state index is 13.2. The van der Waals surface area contributed by atoms with E-state index in [9.17, 15) is 19.5 Å². The number of carboxylic acid groups (broad SMARTS) is 1. The van der Waals surface area contributed by atoms with E-state index in [1.165, 1.54) is 4.90 Å². The minimum atomic E-state index is -0.965. The van der Waals surface area contributed by atoms with Crippen LogP contribution in [-0.4, -0.2) is 59.1 Å². The first-order chi connectivity index (χ1) is 11.9. The zero-order valence-electron chi connectivity index (χ0n) is 16.2. The van der Waals surface area contributed by atoms with Gasteiger partial charge in [-0.15, -0.1) is 0 Å². The molecule has 2 aliphatic carbocycles. The molecule has 7 nitrogen and oxygen atoms in total. The van der Waals surface area contributed by atoms with Crippen molar-refractivity contribution in [2.24, 2.45) is 22.7 Å². The average molecular weight is 366 g/mol. The summed E-state index contributed by atoms with van der Waals surface area (Å²) >= 11 is 0. The summed E-state index contributed by atoms with van der Waals surface area (Å²) in [5.41, 5.74) is -0.573. The highest BCUT2D eigenvalue weighted by Gasteiger charge is 2.70. The van der Waals surface area contributed by atoms with Gasteiger partial charge in [0.15, 0.2) is 0 Å². The minimum Gasteiger partial charge on any atom is -0.480 e. The molecule has 0 spiro atoms. The van der Waals surface area contributed by atoms with Crippen LogP contribution in [-0.2, 0) is 19.1 Å². The number of likely N-dealkylation sites (tertiary alicyclic amines) is 1. The lowest BCUT2D eigenvalue weighted by atomic mass is 9.85. The van der Waals surface area contributed by atoms with Gasteiger partial charge in [-0.1, -0.05) is 34.6 Å². The summed E-state index contributed by atoms with van der Waals surface area (Å²) in [4.78, 5) is 38.7. The van der Waals surface area contributed by atoms with Crippen LogP contribution in [0.2, 0.25) is 0 Å². The molecule has 0 bridgehead atoms. The number of piperidine rings is 1. The first-order valence-electron chi connectivity index (χ1n) is 9.39. The Morgan fingerprint density at radius 3 is 2.38 bits per heavy atom. The molecular weight excluding hydrogens is 336 g/mol. The van der Waals surface area contributed by atoms with E-state index in [2.05, 4.69) is 19.2 Å². The van der Waals surface area contributed by atoms with E-state index in [-0.39, 0.29) is 41.8 Å². The van der Waals surface area contributed by atoms with Crippen molar-refractivity contribution in [3.63, 3.8) is 0 Å². The Labute approximate surface area is 154 Å². The summed E-state index contributed by atoms with van der Waals surface area (Å²) in [6, 6.07) is -1.59. The van der Waals surface area contributed by atoms with E-state index < -0.39 is 23.5 Å². The first kappa shape index (κ1) is 19.1. The number of carbonyl (C=O) groups excluding carboxylic acids is 2. The third-order valence-corrected chi connectivity index (χ3v) is 6.14. The quantitative estimate of drug-likeness (QED) is 0.738. The number of rotatable bonds is 6. The highest BCUT2D eigenvalue weighted by Crippen LogP contribution is 2.65. The molecule has 2 saturated carbocycles. The van der Waals surface area contributed by atoms with Gasteiger partial charge in [0.05, 0.1) is 6.10 Å². The Morgan fingerprint density at radius 1 is 1.27 bits per heavy atom. The van der Waals surface area contributed by atoms with Gasteiger partial charge in [-0.2, -0.15) is 0 Å². The largest absolute Gasteiger partial charge is 0.480 e. The lowest BCUT2D eigenvalue weighted by Crippen LogP contribution is -2.58. The minimum absolute atomic E-state index is 0.0153. The summed E-state index contributed by atoms with van der Waals surface area (Å²) in [6.07, 6.45) is 2.11. The van der Waals surface area contributed by atoms with E-state index >= 15 is 0 Å². The van der Waals surface area contributed by atoms with Gasteiger partial charge in [0.2, 0.25) is 11.8 Å². The Kier molecular flexibility index (Phi) is 4.58. The zero-order chi connectivity index (χ0) is 19.4. The van der Waals surface area contributed by atoms with E-state index in [0.29, 0.717) is 6.54 Å². The molecule has 26 heavy (non-hydrogen) atoms. The van der Waals surface area contributed by atoms with Gasteiger partial charge in [-0.3, -0.25) is 9.59 Å². The molecule has 1 saturated heterocycles. The van der Waals surface area contributed by atoms with Crippen molar-refractivity contribution in [3.05, 3.63) is 0 Å². The van der Waals surface area contributed by atoms with Crippen LogP contribution < -0.4 is 5.32 Å². The number of carboxylic acids is 1. The molecule has 0 unspecified atom stereocenters. The number of ether oxygens (including phenoxy) is 1. The zero-order valence-corrected chi connectivity index (χ0v) is 16.2. The molecule has 7 heteroatoms. The lowest BCUT2D eigenvalue weighted by Gasteiger charge is -2.36. The maximum Gasteiger partial charge on any atom is 0.326 e. The van der Waals surface area contributed by atoms with Gasteiger partial charge < -0.3 is 20.1 Å². The number of amides is 2. The van der Waals surface area contributed by atoms with E-state index in [1.54, 1.807) is 0 Å². The summed E-state index contributed by atoms with van der Waals surface area (Å²) in [6.45, 7) is 10.1. The highest BCUT2D eigenvalue weighted by atomic mass is 16.5. The van der Waals surface area contributed by atoms with Crippen molar-refractivity contribution < 1.29 is 24.2 Å². The van der Waals surface area contributed by atoms with Crippen molar-refractivity contribution in [2.45, 2.75) is 65.6 Å². The molecule has 4 atom stereocenters. The number of aliphatic carboxylic acids is 1. The van der Waals surface area contributed by atoms with Crippen molar-refractivity contribution in [2.75, 3.05) is 13.2 Å². The van der Waals surface area contributed by atoms with Gasteiger partial charge in [0.25, 0.3) is 0 Å². The summed E-state index contributed by atoms with van der Waals surface area (Å²) < 4.78 is 5.41. The molecule has 2 amide bonds. The van der Waals surface area contributed by atoms with Gasteiger partial charge >= 0.3 is 5.97 Å². The second-order valence-corrected chi connectivity index (χ2v) is 9.60. The third kappa shape index (κ3) is 3.46. The Morgan fingerprint density at radius 2 is 1.88 bits per heavy atom. The van der Waals surface area contributed by atoms with Gasteiger partial charge in [0, 0.05) is 12.5 Å². The van der Waals surface area contributed by atoms with Gasteiger partial charge in [-0.05, 0) is 29.6 Å². The Hall–Kier alpha value is -1.63. The molecule has 0 aromatic heterocycles. The van der Waals surface area contributed by atoms with Gasteiger partial charge in [-0.25, -0.2) is 4.79 Å². The molecule has 0 aromatic carbocycles. The monoisotopic (exact) mass is 366 g/mol. The van der Waals surface area contributed by atoms with E-state index in [1.807, 2.05) is 20.8 Å². The maximum atomic E-state index is 13.2. The first-order valence-corrected chi connectivity index (χ1v) is 9.39. The standard InChI is InChI=1S/C19H30N2O5/c1-18(2,3)15(20-12(22)9-26-10-6-7-10)16(23)21-8-11-13(19(11,4)5)14(21)17(24)25/h10-11,13-15H,6-9H2,1-5H3,(H,20,22)(H,24,25)/t11-,13-,14-,15+/m0/s1. The van der Waals surface area contributed by atoms with Crippen molar-refractivity contribution >= 4 is 17.8 Å². The van der Waals surface area contributed by atoms with Crippen LogP contribution in [0.15, 0.2) is 0 Å². The van der Waals surface area contributed by atoms with Crippen LogP contribution in [0.1, 0.15) is 47.5 Å². The lowest BCUT2D eigenvalue weighted by molar-refractivity contribution is -0.153. The number of nitrogens with zero attached hydrogens (tertiary/aromatic N) is 1. The summed E-state index contributed by atoms with van der Waals surface area (Å²) in [5, 5.41) is 12.5. The highest BCUT2D eigenvalue weighted by molar-refractivity contribution is 5.92. The second kappa shape index (κ2) is 6.22. The van der Waals surface area contributed by atoms with Crippen LogP contribution in [0, 0.1) is 22.7 Å². The average Bonchev–Trinajstić information content (AvgIpc) is 3.36. The number of fused-ring (bicyclic) bond motifs is 1. The summed E-state index contributed by atoms with van der Waals surface area (Å²) in [5.74, 6) is -1.41. The fraction of sp³-hybridized carbons (Fsp3) is 0.842. The Balaban J connectivity index is 1.71. The summed E-state index contributed by atoms with van der Waals surface area (Å²) in [7, 11) is 0. The number of nitrogens with one attached hydrogen (secondary N) is 1. The molecule has 0 radical (unpaired) electrons. The van der Waals surface area contributed by atoms with Crippen LogP contribution in [0.25, 0.3) is 0 Å². The van der Waals surface area contributed by atoms with E-state index in [0.717, 1.165) is 12.8 Å². The molecule has 1 heterocycles. The molecule has 2 N–H and O–H groups in total. The molecular formula is C19H30N2O5. The smallest absolute Gasteiger partial charge is 0.326 e. The number of hydrogen-bond donors (Lipinski definition) is 2. The Bertz CT molecular complexity index is 620. The van der Waals surface area contributed by atoms with Crippen LogP contribution in [0.4, 0.5) is 0 Å². The topological polar surface area (TPSA) is 95.9 Å². The van der Waals surface area contributed by atoms with E-state index in [4.69, 9.17) is 4.74 Å². The van der Waals surface area contributed by atoms with Gasteiger partial charge in [0.1, 0.15) is 18.7 Å². The predicted molar refractivity (Wildman–Crippen MR) is 94.3 cm³/mol. The number of hydrogen-bond acceptors (Lipinski definition) is 4. The molecule has 146 valence electrons. The number of carbonyl (C=O) groups is 3. The molecule has 3 rings (SSSR count). The fourth-order valence-electron chi connectivity index (χ4n) is 4.24.